The average Bonchev–Trinajstić information content (AvgIpc) is 3.40. The maximum atomic E-state index is 12.3. The van der Waals surface area contributed by atoms with Crippen LogP contribution in [0.3, 0.4) is 0 Å². The quantitative estimate of drug-likeness (QED) is 0.926. The smallest absolute Gasteiger partial charge is 0.225 e. The van der Waals surface area contributed by atoms with E-state index in [0.717, 1.165) is 54.1 Å². The number of fused-ring (bicyclic) bond motifs is 1. The summed E-state index contributed by atoms with van der Waals surface area (Å²) in [7, 11) is 0. The van der Waals surface area contributed by atoms with E-state index in [-0.39, 0.29) is 11.8 Å². The van der Waals surface area contributed by atoms with Crippen LogP contribution in [0, 0.1) is 5.92 Å². The molecule has 5 heteroatoms. The molecule has 1 fully saturated rings. The lowest BCUT2D eigenvalue weighted by Gasteiger charge is -2.26. The van der Waals surface area contributed by atoms with Crippen LogP contribution in [0.4, 0.5) is 5.69 Å². The largest absolute Gasteiger partial charge is 0.461 e. The van der Waals surface area contributed by atoms with Crippen LogP contribution in [0.15, 0.2) is 34.7 Å². The number of carbonyl (C=O) groups is 2. The van der Waals surface area contributed by atoms with Gasteiger partial charge in [0.15, 0.2) is 0 Å². The summed E-state index contributed by atoms with van der Waals surface area (Å²) >= 11 is 0. The van der Waals surface area contributed by atoms with Gasteiger partial charge in [-0.15, -0.1) is 0 Å². The lowest BCUT2D eigenvalue weighted by Crippen LogP contribution is -2.36. The molecular weight excluding hydrogens is 316 g/mol. The molecule has 4 rings (SSSR count). The molecule has 1 aromatic heterocycles. The maximum absolute atomic E-state index is 12.3. The highest BCUT2D eigenvalue weighted by atomic mass is 16.3. The highest BCUT2D eigenvalue weighted by molar-refractivity contribution is 5.90. The zero-order chi connectivity index (χ0) is 17.4. The van der Waals surface area contributed by atoms with Gasteiger partial charge in [-0.2, -0.15) is 0 Å². The minimum atomic E-state index is 0.00151. The van der Waals surface area contributed by atoms with Gasteiger partial charge in [-0.1, -0.05) is 6.92 Å². The summed E-state index contributed by atoms with van der Waals surface area (Å²) in [5, 5.41) is 2.84. The van der Waals surface area contributed by atoms with E-state index in [0.29, 0.717) is 18.9 Å². The van der Waals surface area contributed by atoms with Gasteiger partial charge in [0.2, 0.25) is 11.8 Å². The predicted molar refractivity (Wildman–Crippen MR) is 94.9 cm³/mol. The van der Waals surface area contributed by atoms with Gasteiger partial charge in [-0.05, 0) is 43.2 Å². The van der Waals surface area contributed by atoms with E-state index >= 15 is 0 Å². The lowest BCUT2D eigenvalue weighted by atomic mass is 10.1. The fourth-order valence-electron chi connectivity index (χ4n) is 3.22. The van der Waals surface area contributed by atoms with Crippen molar-refractivity contribution in [3.05, 3.63) is 41.7 Å². The van der Waals surface area contributed by atoms with Crippen molar-refractivity contribution in [2.75, 3.05) is 11.9 Å². The standard InChI is InChI=1S/C20H22N2O3/c1-2-19(23)21-16-7-5-13(6-8-16)18-11-15-12-22(10-9-17(15)25-18)20(24)14-3-4-14/h5-8,11,14H,2-4,9-10,12H2,1H3,(H,21,23). The second-order valence-electron chi connectivity index (χ2n) is 6.82. The van der Waals surface area contributed by atoms with Crippen molar-refractivity contribution in [2.24, 2.45) is 5.92 Å². The van der Waals surface area contributed by atoms with E-state index in [9.17, 15) is 9.59 Å². The monoisotopic (exact) mass is 338 g/mol. The van der Waals surface area contributed by atoms with E-state index in [1.807, 2.05) is 42.2 Å². The Labute approximate surface area is 147 Å². The molecule has 2 amide bonds. The summed E-state index contributed by atoms with van der Waals surface area (Å²) in [6.07, 6.45) is 3.32. The van der Waals surface area contributed by atoms with E-state index < -0.39 is 0 Å². The van der Waals surface area contributed by atoms with E-state index in [2.05, 4.69) is 5.32 Å². The highest BCUT2D eigenvalue weighted by Gasteiger charge is 2.35. The van der Waals surface area contributed by atoms with Crippen molar-refractivity contribution in [2.45, 2.75) is 39.2 Å². The molecule has 2 aromatic rings. The molecule has 2 aliphatic rings. The molecule has 1 aliphatic heterocycles. The van der Waals surface area contributed by atoms with E-state index in [4.69, 9.17) is 4.42 Å². The van der Waals surface area contributed by atoms with Crippen LogP contribution in [0.5, 0.6) is 0 Å². The van der Waals surface area contributed by atoms with Crippen LogP contribution in [0.1, 0.15) is 37.5 Å². The first-order valence-electron chi connectivity index (χ1n) is 8.94. The number of rotatable bonds is 4. The van der Waals surface area contributed by atoms with Gasteiger partial charge in [0, 0.05) is 48.7 Å². The van der Waals surface area contributed by atoms with Crippen LogP contribution >= 0.6 is 0 Å². The Morgan fingerprint density at radius 2 is 2.00 bits per heavy atom. The summed E-state index contributed by atoms with van der Waals surface area (Å²) in [4.78, 5) is 25.7. The van der Waals surface area contributed by atoms with Crippen molar-refractivity contribution >= 4 is 17.5 Å². The van der Waals surface area contributed by atoms with Crippen molar-refractivity contribution in [3.63, 3.8) is 0 Å². The third kappa shape index (κ3) is 3.31. The zero-order valence-corrected chi connectivity index (χ0v) is 14.4. The fourth-order valence-corrected chi connectivity index (χ4v) is 3.22. The Bertz CT molecular complexity index is 803. The molecule has 1 aromatic carbocycles. The van der Waals surface area contributed by atoms with Gasteiger partial charge >= 0.3 is 0 Å². The van der Waals surface area contributed by atoms with Crippen molar-refractivity contribution in [3.8, 4) is 11.3 Å². The summed E-state index contributed by atoms with van der Waals surface area (Å²) in [5.41, 5.74) is 2.87. The zero-order valence-electron chi connectivity index (χ0n) is 14.4. The Morgan fingerprint density at radius 1 is 1.24 bits per heavy atom. The molecule has 1 saturated carbocycles. The number of amides is 2. The van der Waals surface area contributed by atoms with Crippen LogP contribution in [-0.2, 0) is 22.6 Å². The molecule has 5 nitrogen and oxygen atoms in total. The third-order valence-electron chi connectivity index (χ3n) is 4.88. The van der Waals surface area contributed by atoms with Gasteiger partial charge in [0.1, 0.15) is 11.5 Å². The molecule has 0 unspecified atom stereocenters. The number of carbonyl (C=O) groups excluding carboxylic acids is 2. The van der Waals surface area contributed by atoms with E-state index in [1.165, 1.54) is 0 Å². The number of anilines is 1. The predicted octanol–water partition coefficient (Wildman–Crippen LogP) is 3.59. The summed E-state index contributed by atoms with van der Waals surface area (Å²) in [5.74, 6) is 2.36. The number of nitrogens with one attached hydrogen (secondary N) is 1. The summed E-state index contributed by atoms with van der Waals surface area (Å²) in [6.45, 7) is 3.23. The first-order valence-corrected chi connectivity index (χ1v) is 8.94. The maximum Gasteiger partial charge on any atom is 0.225 e. The summed E-state index contributed by atoms with van der Waals surface area (Å²) in [6, 6.07) is 9.70. The molecule has 0 atom stereocenters. The number of nitrogens with zero attached hydrogens (tertiary/aromatic N) is 1. The molecular formula is C20H22N2O3. The first-order chi connectivity index (χ1) is 12.1. The molecule has 0 saturated heterocycles. The molecule has 0 bridgehead atoms. The normalized spacial score (nSPS) is 16.4. The van der Waals surface area contributed by atoms with E-state index in [1.54, 1.807) is 0 Å². The van der Waals surface area contributed by atoms with Crippen LogP contribution in [-0.4, -0.2) is 23.3 Å². The molecule has 130 valence electrons. The van der Waals surface area contributed by atoms with Crippen molar-refractivity contribution in [1.29, 1.82) is 0 Å². The molecule has 2 heterocycles. The second-order valence-corrected chi connectivity index (χ2v) is 6.82. The Hall–Kier alpha value is -2.56. The Morgan fingerprint density at radius 3 is 2.68 bits per heavy atom. The SMILES string of the molecule is CCC(=O)Nc1ccc(-c2cc3c(o2)CCN(C(=O)C2CC2)C3)cc1. The van der Waals surface area contributed by atoms with Crippen LogP contribution in [0.25, 0.3) is 11.3 Å². The lowest BCUT2D eigenvalue weighted by molar-refractivity contribution is -0.133. The topological polar surface area (TPSA) is 62.6 Å². The Balaban J connectivity index is 1.49. The van der Waals surface area contributed by atoms with Gasteiger partial charge in [0.25, 0.3) is 0 Å². The minimum Gasteiger partial charge on any atom is -0.461 e. The van der Waals surface area contributed by atoms with Gasteiger partial charge in [0.05, 0.1) is 0 Å². The van der Waals surface area contributed by atoms with Gasteiger partial charge in [-0.25, -0.2) is 0 Å². The molecule has 25 heavy (non-hydrogen) atoms. The van der Waals surface area contributed by atoms with Gasteiger partial charge < -0.3 is 14.6 Å². The second kappa shape index (κ2) is 6.39. The molecule has 1 N–H and O–H groups in total. The van der Waals surface area contributed by atoms with Crippen molar-refractivity contribution < 1.29 is 14.0 Å². The van der Waals surface area contributed by atoms with Crippen LogP contribution in [0.2, 0.25) is 0 Å². The van der Waals surface area contributed by atoms with Gasteiger partial charge in [-0.3, -0.25) is 9.59 Å². The molecule has 0 spiro atoms. The minimum absolute atomic E-state index is 0.00151. The third-order valence-corrected chi connectivity index (χ3v) is 4.88. The Kier molecular flexibility index (Phi) is 4.07. The highest BCUT2D eigenvalue weighted by Crippen LogP contribution is 2.34. The molecule has 1 aliphatic carbocycles. The number of benzene rings is 1. The molecule has 0 radical (unpaired) electrons. The first kappa shape index (κ1) is 15.9. The van der Waals surface area contributed by atoms with Crippen LogP contribution < -0.4 is 5.32 Å². The summed E-state index contributed by atoms with van der Waals surface area (Å²) < 4.78 is 6.01. The number of hydrogen-bond acceptors (Lipinski definition) is 3. The van der Waals surface area contributed by atoms with Crippen molar-refractivity contribution in [1.82, 2.24) is 4.90 Å². The fraction of sp³-hybridized carbons (Fsp3) is 0.400. The number of hydrogen-bond donors (Lipinski definition) is 1. The number of furan rings is 1. The average molecular weight is 338 g/mol.